The van der Waals surface area contributed by atoms with Crippen molar-refractivity contribution in [3.8, 4) is 34.1 Å². The molecule has 0 N–H and O–H groups in total. The number of hydrogen-bond acceptors (Lipinski definition) is 7. The van der Waals surface area contributed by atoms with Crippen molar-refractivity contribution < 1.29 is 28.4 Å². The highest BCUT2D eigenvalue weighted by Crippen LogP contribution is 2.60. The van der Waals surface area contributed by atoms with Crippen molar-refractivity contribution in [3.63, 3.8) is 0 Å². The lowest BCUT2D eigenvalue weighted by atomic mass is 9.79. The van der Waals surface area contributed by atoms with Gasteiger partial charge in [-0.3, -0.25) is 0 Å². The highest BCUT2D eigenvalue weighted by atomic mass is 16.5. The van der Waals surface area contributed by atoms with Gasteiger partial charge >= 0.3 is 0 Å². The molecule has 0 bridgehead atoms. The summed E-state index contributed by atoms with van der Waals surface area (Å²) in [5.74, 6) is 3.15. The molecule has 250 valence electrons. The summed E-state index contributed by atoms with van der Waals surface area (Å²) >= 11 is 0. The molecule has 7 heteroatoms. The molecule has 49 heavy (non-hydrogen) atoms. The van der Waals surface area contributed by atoms with E-state index in [1.165, 1.54) is 16.7 Å². The molecule has 1 saturated heterocycles. The number of anilines is 1. The van der Waals surface area contributed by atoms with Gasteiger partial charge in [-0.1, -0.05) is 61.5 Å². The molecule has 0 saturated carbocycles. The fraction of sp³-hybridized carbons (Fsp3) is 0.286. The van der Waals surface area contributed by atoms with Gasteiger partial charge in [-0.2, -0.15) is 0 Å². The topological polar surface area (TPSA) is 58.6 Å². The van der Waals surface area contributed by atoms with Crippen LogP contribution in [0.4, 0.5) is 5.69 Å². The van der Waals surface area contributed by atoms with Crippen LogP contribution in [0.2, 0.25) is 0 Å². The average Bonchev–Trinajstić information content (AvgIpc) is 3.48. The van der Waals surface area contributed by atoms with Gasteiger partial charge in [-0.25, -0.2) is 0 Å². The Labute approximate surface area is 287 Å². The maximum Gasteiger partial charge on any atom is 0.178 e. The summed E-state index contributed by atoms with van der Waals surface area (Å²) < 4.78 is 37.1. The van der Waals surface area contributed by atoms with Crippen molar-refractivity contribution in [2.45, 2.75) is 24.5 Å². The van der Waals surface area contributed by atoms with E-state index in [0.29, 0.717) is 13.2 Å². The van der Waals surface area contributed by atoms with Gasteiger partial charge in [0.25, 0.3) is 0 Å². The normalized spacial score (nSPS) is 18.8. The molecule has 3 aliphatic rings. The van der Waals surface area contributed by atoms with Crippen molar-refractivity contribution in [3.05, 3.63) is 119 Å². The first-order chi connectivity index (χ1) is 24.0. The first kappa shape index (κ1) is 31.3. The summed E-state index contributed by atoms with van der Waals surface area (Å²) in [7, 11) is 6.93. The predicted octanol–water partition coefficient (Wildman–Crippen LogP) is 8.33. The number of benzene rings is 5. The Morgan fingerprint density at radius 1 is 0.755 bits per heavy atom. The number of methoxy groups -OCH3 is 4. The minimum atomic E-state index is -0.948. The second-order valence-corrected chi connectivity index (χ2v) is 12.7. The third-order valence-corrected chi connectivity index (χ3v) is 10.6. The number of morpholine rings is 1. The van der Waals surface area contributed by atoms with Crippen molar-refractivity contribution in [2.75, 3.05) is 59.6 Å². The van der Waals surface area contributed by atoms with Crippen molar-refractivity contribution >= 4 is 22.5 Å². The number of rotatable bonds is 8. The van der Waals surface area contributed by atoms with E-state index >= 15 is 0 Å². The van der Waals surface area contributed by atoms with Gasteiger partial charge in [0, 0.05) is 47.8 Å². The van der Waals surface area contributed by atoms with E-state index in [9.17, 15) is 0 Å². The van der Waals surface area contributed by atoms with Crippen LogP contribution in [0.25, 0.3) is 28.0 Å². The van der Waals surface area contributed by atoms with Gasteiger partial charge in [0.05, 0.1) is 40.2 Å². The van der Waals surface area contributed by atoms with Crippen LogP contribution in [-0.2, 0) is 20.7 Å². The summed E-state index contributed by atoms with van der Waals surface area (Å²) in [5.41, 5.74) is 7.08. The fourth-order valence-corrected chi connectivity index (χ4v) is 8.14. The molecule has 5 aromatic carbocycles. The molecule has 0 spiro atoms. The molecular weight excluding hydrogens is 614 g/mol. The Bertz CT molecular complexity index is 2010. The van der Waals surface area contributed by atoms with Crippen LogP contribution in [0.3, 0.4) is 0 Å². The zero-order chi connectivity index (χ0) is 33.8. The molecule has 8 rings (SSSR count). The third kappa shape index (κ3) is 4.63. The van der Waals surface area contributed by atoms with Crippen LogP contribution in [0, 0.1) is 0 Å². The molecular formula is C42H41NO6. The fourth-order valence-electron chi connectivity index (χ4n) is 8.14. The largest absolute Gasteiger partial charge is 0.497 e. The first-order valence-corrected chi connectivity index (χ1v) is 16.9. The smallest absolute Gasteiger partial charge is 0.178 e. The molecule has 0 aromatic heterocycles. The zero-order valence-corrected chi connectivity index (χ0v) is 28.7. The SMILES string of the molecule is CCC1(OC)c2ccccc2-c2c1c1c(c3cc(OC)c(N4CCOCC4)cc23)OC(c2ccc(OC)cc2)(c2ccc(OC)cc2)C=C1. The van der Waals surface area contributed by atoms with E-state index in [1.807, 2.05) is 31.4 Å². The van der Waals surface area contributed by atoms with Gasteiger partial charge in [-0.15, -0.1) is 0 Å². The molecule has 1 unspecified atom stereocenters. The standard InChI is InChI=1S/C42H41NO6/c1-6-41(47-5)35-10-8-7-9-31(35)38-33-25-36(43-21-23-48-24-22-43)37(46-4)26-34(33)40-32(39(38)41)19-20-42(49-40,27-11-15-29(44-2)16-12-27)28-13-17-30(45-3)18-14-28/h7-20,25-26H,6,21-24H2,1-5H3. The van der Waals surface area contributed by atoms with Crippen LogP contribution < -0.4 is 23.8 Å². The quantitative estimate of drug-likeness (QED) is 0.167. The molecule has 0 amide bonds. The monoisotopic (exact) mass is 655 g/mol. The van der Waals surface area contributed by atoms with Crippen molar-refractivity contribution in [1.29, 1.82) is 0 Å². The second kappa shape index (κ2) is 12.2. The van der Waals surface area contributed by atoms with E-state index in [4.69, 9.17) is 28.4 Å². The Morgan fingerprint density at radius 3 is 2.00 bits per heavy atom. The van der Waals surface area contributed by atoms with Crippen molar-refractivity contribution in [1.82, 2.24) is 0 Å². The Balaban J connectivity index is 1.46. The van der Waals surface area contributed by atoms with E-state index in [-0.39, 0.29) is 0 Å². The zero-order valence-electron chi connectivity index (χ0n) is 28.7. The van der Waals surface area contributed by atoms with Crippen LogP contribution >= 0.6 is 0 Å². The maximum atomic E-state index is 7.53. The molecule has 1 aliphatic carbocycles. The number of fused-ring (bicyclic) bond motifs is 8. The van der Waals surface area contributed by atoms with E-state index in [0.717, 1.165) is 81.2 Å². The summed E-state index contributed by atoms with van der Waals surface area (Å²) in [6, 6.07) is 29.3. The Kier molecular flexibility index (Phi) is 7.77. The number of hydrogen-bond donors (Lipinski definition) is 0. The molecule has 2 aliphatic heterocycles. The highest BCUT2D eigenvalue weighted by molar-refractivity contribution is 6.10. The van der Waals surface area contributed by atoms with E-state index in [2.05, 4.69) is 84.6 Å². The highest BCUT2D eigenvalue weighted by Gasteiger charge is 2.48. The average molecular weight is 656 g/mol. The van der Waals surface area contributed by atoms with Gasteiger partial charge < -0.3 is 33.3 Å². The van der Waals surface area contributed by atoms with Crippen LogP contribution in [0.15, 0.2) is 91.0 Å². The minimum absolute atomic E-state index is 0.656. The van der Waals surface area contributed by atoms with E-state index < -0.39 is 11.2 Å². The van der Waals surface area contributed by atoms with Crippen LogP contribution in [0.1, 0.15) is 41.2 Å². The Morgan fingerprint density at radius 2 is 1.41 bits per heavy atom. The van der Waals surface area contributed by atoms with Gasteiger partial charge in [-0.05, 0) is 71.0 Å². The van der Waals surface area contributed by atoms with Gasteiger partial charge in [0.2, 0.25) is 0 Å². The molecule has 1 fully saturated rings. The third-order valence-electron chi connectivity index (χ3n) is 10.6. The Hall–Kier alpha value is -4.98. The number of nitrogens with zero attached hydrogens (tertiary/aromatic N) is 1. The maximum absolute atomic E-state index is 7.53. The number of ether oxygens (including phenoxy) is 6. The van der Waals surface area contributed by atoms with Crippen LogP contribution in [0.5, 0.6) is 23.0 Å². The second-order valence-electron chi connectivity index (χ2n) is 12.7. The molecule has 5 aromatic rings. The summed E-state index contributed by atoms with van der Waals surface area (Å²) in [4.78, 5) is 2.36. The molecule has 1 atom stereocenters. The van der Waals surface area contributed by atoms with Gasteiger partial charge in [0.1, 0.15) is 28.6 Å². The predicted molar refractivity (Wildman–Crippen MR) is 193 cm³/mol. The lowest BCUT2D eigenvalue weighted by Crippen LogP contribution is -2.36. The van der Waals surface area contributed by atoms with Crippen molar-refractivity contribution in [2.24, 2.45) is 0 Å². The molecule has 0 radical (unpaired) electrons. The lowest BCUT2D eigenvalue weighted by molar-refractivity contribution is 0.0219. The summed E-state index contributed by atoms with van der Waals surface area (Å²) in [6.45, 7) is 5.13. The van der Waals surface area contributed by atoms with Gasteiger partial charge in [0.15, 0.2) is 5.60 Å². The lowest BCUT2D eigenvalue weighted by Gasteiger charge is -2.39. The summed E-state index contributed by atoms with van der Waals surface area (Å²) in [5, 5.41) is 2.08. The summed E-state index contributed by atoms with van der Waals surface area (Å²) in [6.07, 6.45) is 5.18. The molecule has 2 heterocycles. The minimum Gasteiger partial charge on any atom is -0.497 e. The molecule has 7 nitrogen and oxygen atoms in total. The van der Waals surface area contributed by atoms with Crippen LogP contribution in [-0.4, -0.2) is 54.7 Å². The first-order valence-electron chi connectivity index (χ1n) is 16.9. The van der Waals surface area contributed by atoms with E-state index in [1.54, 1.807) is 21.3 Å².